The first-order chi connectivity index (χ1) is 6.27. The van der Waals surface area contributed by atoms with Crippen molar-refractivity contribution in [2.24, 2.45) is 0 Å². The lowest BCUT2D eigenvalue weighted by Crippen LogP contribution is -2.58. The first-order valence-electron chi connectivity index (χ1n) is 4.43. The molecule has 2 saturated heterocycles. The van der Waals surface area contributed by atoms with Crippen LogP contribution in [0.5, 0.6) is 0 Å². The molecule has 1 amide bonds. The second kappa shape index (κ2) is 3.61. The fourth-order valence-corrected chi connectivity index (χ4v) is 1.47. The van der Waals surface area contributed by atoms with E-state index in [0.717, 1.165) is 0 Å². The highest BCUT2D eigenvalue weighted by atomic mass is 16.6. The van der Waals surface area contributed by atoms with Gasteiger partial charge >= 0.3 is 0 Å². The van der Waals surface area contributed by atoms with E-state index in [9.17, 15) is 4.79 Å². The van der Waals surface area contributed by atoms with Crippen molar-refractivity contribution in [3.8, 4) is 0 Å². The van der Waals surface area contributed by atoms with Crippen molar-refractivity contribution in [2.45, 2.75) is 12.2 Å². The molecule has 0 aliphatic carbocycles. The Morgan fingerprint density at radius 1 is 1.38 bits per heavy atom. The predicted octanol–water partition coefficient (Wildman–Crippen LogP) is -1.40. The standard InChI is InChI=1S/C8H13NO4/c10-6-3-9(4-6)8(11)7-5-12-1-2-13-7/h6-7,10H,1-5H2. The molecule has 74 valence electrons. The van der Waals surface area contributed by atoms with Gasteiger partial charge in [-0.05, 0) is 0 Å². The van der Waals surface area contributed by atoms with Crippen molar-refractivity contribution in [1.82, 2.24) is 4.90 Å². The number of rotatable bonds is 1. The lowest BCUT2D eigenvalue weighted by atomic mass is 10.1. The van der Waals surface area contributed by atoms with Crippen LogP contribution in [-0.4, -0.2) is 61.0 Å². The van der Waals surface area contributed by atoms with Crippen LogP contribution in [0.25, 0.3) is 0 Å². The number of amides is 1. The van der Waals surface area contributed by atoms with E-state index in [1.165, 1.54) is 0 Å². The van der Waals surface area contributed by atoms with E-state index in [-0.39, 0.29) is 12.0 Å². The number of hydrogen-bond acceptors (Lipinski definition) is 4. The van der Waals surface area contributed by atoms with E-state index in [4.69, 9.17) is 14.6 Å². The van der Waals surface area contributed by atoms with Crippen LogP contribution in [0.15, 0.2) is 0 Å². The Bertz CT molecular complexity index is 196. The molecule has 1 N–H and O–H groups in total. The number of ether oxygens (including phenoxy) is 2. The van der Waals surface area contributed by atoms with E-state index < -0.39 is 6.10 Å². The number of aliphatic hydroxyl groups excluding tert-OH is 1. The number of carbonyl (C=O) groups excluding carboxylic acids is 1. The topological polar surface area (TPSA) is 59.0 Å². The molecule has 0 radical (unpaired) electrons. The largest absolute Gasteiger partial charge is 0.389 e. The third kappa shape index (κ3) is 1.82. The van der Waals surface area contributed by atoms with E-state index in [1.54, 1.807) is 4.90 Å². The number of likely N-dealkylation sites (tertiary alicyclic amines) is 1. The summed E-state index contributed by atoms with van der Waals surface area (Å²) in [5.74, 6) is -0.0648. The third-order valence-corrected chi connectivity index (χ3v) is 2.27. The minimum Gasteiger partial charge on any atom is -0.389 e. The minimum atomic E-state index is -0.457. The Morgan fingerprint density at radius 3 is 2.69 bits per heavy atom. The van der Waals surface area contributed by atoms with Crippen LogP contribution in [0.3, 0.4) is 0 Å². The highest BCUT2D eigenvalue weighted by Gasteiger charge is 2.34. The van der Waals surface area contributed by atoms with Crippen LogP contribution in [0.4, 0.5) is 0 Å². The fraction of sp³-hybridized carbons (Fsp3) is 0.875. The van der Waals surface area contributed by atoms with Crippen LogP contribution in [0, 0.1) is 0 Å². The molecule has 0 bridgehead atoms. The summed E-state index contributed by atoms with van der Waals surface area (Å²) in [5, 5.41) is 9.00. The number of β-amino-alcohol motifs (C(OH)–C–C–N with tert-alkyl or cyclic N) is 1. The van der Waals surface area contributed by atoms with Gasteiger partial charge in [0.2, 0.25) is 0 Å². The summed E-state index contributed by atoms with van der Waals surface area (Å²) in [6.07, 6.45) is -0.810. The first-order valence-corrected chi connectivity index (χ1v) is 4.43. The van der Waals surface area contributed by atoms with E-state index in [0.29, 0.717) is 32.9 Å². The van der Waals surface area contributed by atoms with Crippen molar-refractivity contribution >= 4 is 5.91 Å². The molecule has 0 spiro atoms. The molecule has 1 atom stereocenters. The summed E-state index contributed by atoms with van der Waals surface area (Å²) in [6, 6.07) is 0. The van der Waals surface area contributed by atoms with Gasteiger partial charge in [0.05, 0.1) is 25.9 Å². The summed E-state index contributed by atoms with van der Waals surface area (Å²) in [4.78, 5) is 13.1. The van der Waals surface area contributed by atoms with Crippen molar-refractivity contribution in [1.29, 1.82) is 0 Å². The van der Waals surface area contributed by atoms with Gasteiger partial charge in [0.15, 0.2) is 6.10 Å². The number of aliphatic hydroxyl groups is 1. The predicted molar refractivity (Wildman–Crippen MR) is 43.1 cm³/mol. The van der Waals surface area contributed by atoms with Gasteiger partial charge < -0.3 is 19.5 Å². The average Bonchev–Trinajstić information content (AvgIpc) is 2.13. The van der Waals surface area contributed by atoms with Crippen molar-refractivity contribution in [3.05, 3.63) is 0 Å². The lowest BCUT2D eigenvalue weighted by molar-refractivity contribution is -0.166. The van der Waals surface area contributed by atoms with Crippen LogP contribution in [0.2, 0.25) is 0 Å². The minimum absolute atomic E-state index is 0.0648. The van der Waals surface area contributed by atoms with Gasteiger partial charge in [-0.25, -0.2) is 0 Å². The van der Waals surface area contributed by atoms with E-state index >= 15 is 0 Å². The van der Waals surface area contributed by atoms with Crippen LogP contribution >= 0.6 is 0 Å². The molecule has 0 saturated carbocycles. The van der Waals surface area contributed by atoms with Crippen LogP contribution < -0.4 is 0 Å². The molecule has 1 unspecified atom stereocenters. The molecule has 2 rings (SSSR count). The zero-order chi connectivity index (χ0) is 9.26. The fourth-order valence-electron chi connectivity index (χ4n) is 1.47. The van der Waals surface area contributed by atoms with Crippen LogP contribution in [0.1, 0.15) is 0 Å². The van der Waals surface area contributed by atoms with Crippen molar-refractivity contribution < 1.29 is 19.4 Å². The summed E-state index contributed by atoms with van der Waals surface area (Å²) in [5.41, 5.74) is 0. The summed E-state index contributed by atoms with van der Waals surface area (Å²) >= 11 is 0. The van der Waals surface area contributed by atoms with Crippen molar-refractivity contribution in [3.63, 3.8) is 0 Å². The zero-order valence-corrected chi connectivity index (χ0v) is 7.31. The zero-order valence-electron chi connectivity index (χ0n) is 7.31. The van der Waals surface area contributed by atoms with Gasteiger partial charge in [-0.3, -0.25) is 4.79 Å². The molecule has 5 heteroatoms. The molecule has 0 aromatic rings. The maximum absolute atomic E-state index is 11.5. The molecule has 0 aromatic carbocycles. The molecule has 2 fully saturated rings. The van der Waals surface area contributed by atoms with E-state index in [2.05, 4.69) is 0 Å². The molecule has 2 heterocycles. The molecule has 5 nitrogen and oxygen atoms in total. The van der Waals surface area contributed by atoms with Crippen LogP contribution in [-0.2, 0) is 14.3 Å². The van der Waals surface area contributed by atoms with Gasteiger partial charge in [-0.15, -0.1) is 0 Å². The first kappa shape index (κ1) is 8.93. The number of hydrogen-bond donors (Lipinski definition) is 1. The van der Waals surface area contributed by atoms with Gasteiger partial charge in [0.1, 0.15) is 0 Å². The summed E-state index contributed by atoms with van der Waals surface area (Å²) in [6.45, 7) is 2.24. The summed E-state index contributed by atoms with van der Waals surface area (Å²) in [7, 11) is 0. The Morgan fingerprint density at radius 2 is 2.15 bits per heavy atom. The molecule has 2 aliphatic heterocycles. The van der Waals surface area contributed by atoms with Gasteiger partial charge in [0.25, 0.3) is 5.91 Å². The van der Waals surface area contributed by atoms with Crippen molar-refractivity contribution in [2.75, 3.05) is 32.9 Å². The second-order valence-corrected chi connectivity index (χ2v) is 3.33. The Labute approximate surface area is 76.2 Å². The second-order valence-electron chi connectivity index (χ2n) is 3.33. The highest BCUT2D eigenvalue weighted by molar-refractivity contribution is 5.82. The van der Waals surface area contributed by atoms with Gasteiger partial charge in [0, 0.05) is 13.1 Å². The quantitative estimate of drug-likeness (QED) is 0.549. The maximum atomic E-state index is 11.5. The third-order valence-electron chi connectivity index (χ3n) is 2.27. The average molecular weight is 187 g/mol. The normalized spacial score (nSPS) is 29.9. The lowest BCUT2D eigenvalue weighted by Gasteiger charge is -2.38. The maximum Gasteiger partial charge on any atom is 0.254 e. The highest BCUT2D eigenvalue weighted by Crippen LogP contribution is 2.12. The smallest absolute Gasteiger partial charge is 0.254 e. The Hall–Kier alpha value is -0.650. The molecule has 2 aliphatic rings. The number of carbonyl (C=O) groups is 1. The molecular formula is C8H13NO4. The Balaban J connectivity index is 1.82. The van der Waals surface area contributed by atoms with E-state index in [1.807, 2.05) is 0 Å². The van der Waals surface area contributed by atoms with Gasteiger partial charge in [-0.1, -0.05) is 0 Å². The SMILES string of the molecule is O=C(C1COCCO1)N1CC(O)C1. The van der Waals surface area contributed by atoms with Gasteiger partial charge in [-0.2, -0.15) is 0 Å². The summed E-state index contributed by atoms with van der Waals surface area (Å²) < 4.78 is 10.3. The monoisotopic (exact) mass is 187 g/mol. The number of nitrogens with zero attached hydrogens (tertiary/aromatic N) is 1. The Kier molecular flexibility index (Phi) is 2.48. The molecule has 0 aromatic heterocycles. The molecular weight excluding hydrogens is 174 g/mol. The molecule has 13 heavy (non-hydrogen) atoms.